The van der Waals surface area contributed by atoms with Gasteiger partial charge in [0.05, 0.1) is 25.0 Å². The predicted octanol–water partition coefficient (Wildman–Crippen LogP) is 4.17. The molecule has 158 valence electrons. The molecule has 8 heteroatoms. The number of carbonyl (C=O) groups is 1. The van der Waals surface area contributed by atoms with Crippen LogP contribution in [-0.2, 0) is 6.54 Å². The average Bonchev–Trinajstić information content (AvgIpc) is 3.32. The first-order valence-corrected chi connectivity index (χ1v) is 9.84. The second-order valence-corrected chi connectivity index (χ2v) is 7.22. The maximum Gasteiger partial charge on any atom is 0.278 e. The van der Waals surface area contributed by atoms with Crippen molar-refractivity contribution in [2.45, 2.75) is 27.3 Å². The molecule has 0 saturated heterocycles. The Morgan fingerprint density at radius 3 is 2.58 bits per heavy atom. The normalized spacial score (nSPS) is 10.8. The molecular formula is C23H23N5O3. The van der Waals surface area contributed by atoms with Gasteiger partial charge in [-0.15, -0.1) is 5.10 Å². The summed E-state index contributed by atoms with van der Waals surface area (Å²) in [5.41, 5.74) is 4.26. The minimum absolute atomic E-state index is 0.241. The molecule has 31 heavy (non-hydrogen) atoms. The van der Waals surface area contributed by atoms with E-state index in [1.807, 2.05) is 50.2 Å². The third-order valence-corrected chi connectivity index (χ3v) is 5.04. The Morgan fingerprint density at radius 2 is 1.84 bits per heavy atom. The van der Waals surface area contributed by atoms with Crippen molar-refractivity contribution in [2.75, 3.05) is 12.4 Å². The van der Waals surface area contributed by atoms with Crippen molar-refractivity contribution < 1.29 is 13.9 Å². The second-order valence-electron chi connectivity index (χ2n) is 7.22. The van der Waals surface area contributed by atoms with Gasteiger partial charge in [0.1, 0.15) is 17.2 Å². The molecule has 2 aromatic heterocycles. The maximum absolute atomic E-state index is 12.7. The summed E-state index contributed by atoms with van der Waals surface area (Å²) in [6, 6.07) is 15.2. The molecule has 8 nitrogen and oxygen atoms in total. The Morgan fingerprint density at radius 1 is 1.10 bits per heavy atom. The number of aromatic nitrogens is 4. The van der Waals surface area contributed by atoms with Crippen LogP contribution in [0.1, 0.15) is 33.2 Å². The fourth-order valence-corrected chi connectivity index (χ4v) is 3.19. The van der Waals surface area contributed by atoms with Crippen LogP contribution in [-0.4, -0.2) is 33.0 Å². The van der Waals surface area contributed by atoms with Crippen molar-refractivity contribution in [2.24, 2.45) is 0 Å². The van der Waals surface area contributed by atoms with Crippen LogP contribution in [0.4, 0.5) is 5.69 Å². The monoisotopic (exact) mass is 417 g/mol. The zero-order chi connectivity index (χ0) is 22.0. The van der Waals surface area contributed by atoms with Gasteiger partial charge in [0.25, 0.3) is 5.91 Å². The first-order valence-electron chi connectivity index (χ1n) is 9.84. The van der Waals surface area contributed by atoms with Gasteiger partial charge in [0.2, 0.25) is 5.89 Å². The van der Waals surface area contributed by atoms with E-state index >= 15 is 0 Å². The molecule has 2 aromatic carbocycles. The quantitative estimate of drug-likeness (QED) is 0.506. The Kier molecular flexibility index (Phi) is 5.53. The van der Waals surface area contributed by atoms with Gasteiger partial charge >= 0.3 is 0 Å². The number of benzene rings is 2. The van der Waals surface area contributed by atoms with Crippen LogP contribution in [0.3, 0.4) is 0 Å². The number of anilines is 1. The van der Waals surface area contributed by atoms with Gasteiger partial charge in [-0.1, -0.05) is 35.0 Å². The molecule has 0 aliphatic heterocycles. The highest BCUT2D eigenvalue weighted by molar-refractivity contribution is 6.04. The number of rotatable bonds is 6. The van der Waals surface area contributed by atoms with E-state index in [2.05, 4.69) is 20.6 Å². The molecule has 0 aliphatic carbocycles. The number of para-hydroxylation sites is 2. The largest absolute Gasteiger partial charge is 0.495 e. The number of carbonyl (C=O) groups excluding carboxylic acids is 1. The van der Waals surface area contributed by atoms with Crippen LogP contribution in [0.25, 0.3) is 11.5 Å². The Balaban J connectivity index is 1.53. The molecule has 0 fully saturated rings. The van der Waals surface area contributed by atoms with E-state index in [4.69, 9.17) is 9.15 Å². The van der Waals surface area contributed by atoms with Gasteiger partial charge in [0, 0.05) is 5.56 Å². The molecule has 0 bridgehead atoms. The van der Waals surface area contributed by atoms with Gasteiger partial charge in [-0.05, 0) is 45.0 Å². The lowest BCUT2D eigenvalue weighted by Crippen LogP contribution is -2.15. The van der Waals surface area contributed by atoms with Crippen LogP contribution in [0.5, 0.6) is 5.75 Å². The van der Waals surface area contributed by atoms with E-state index in [1.165, 1.54) is 5.56 Å². The van der Waals surface area contributed by atoms with E-state index in [0.717, 1.165) is 11.3 Å². The molecule has 2 heterocycles. The minimum atomic E-state index is -0.356. The molecule has 1 N–H and O–H groups in total. The third-order valence-electron chi connectivity index (χ3n) is 5.04. The lowest BCUT2D eigenvalue weighted by molar-refractivity contribution is 0.102. The lowest BCUT2D eigenvalue weighted by Gasteiger charge is -2.09. The van der Waals surface area contributed by atoms with Crippen LogP contribution in [0.2, 0.25) is 0 Å². The van der Waals surface area contributed by atoms with Crippen LogP contribution in [0, 0.1) is 20.8 Å². The summed E-state index contributed by atoms with van der Waals surface area (Å²) in [5.74, 6) is 1.47. The molecule has 4 rings (SSSR count). The van der Waals surface area contributed by atoms with Gasteiger partial charge in [-0.2, -0.15) is 0 Å². The zero-order valence-electron chi connectivity index (χ0n) is 17.8. The summed E-state index contributed by atoms with van der Waals surface area (Å²) in [7, 11) is 1.55. The van der Waals surface area contributed by atoms with Crippen molar-refractivity contribution >= 4 is 11.6 Å². The highest BCUT2D eigenvalue weighted by Gasteiger charge is 2.20. The predicted molar refractivity (Wildman–Crippen MR) is 116 cm³/mol. The molecule has 0 atom stereocenters. The van der Waals surface area contributed by atoms with Gasteiger partial charge in [-0.3, -0.25) is 4.79 Å². The van der Waals surface area contributed by atoms with E-state index in [1.54, 1.807) is 30.8 Å². The maximum atomic E-state index is 12.7. The van der Waals surface area contributed by atoms with E-state index < -0.39 is 0 Å². The summed E-state index contributed by atoms with van der Waals surface area (Å²) in [6.45, 7) is 6.04. The average molecular weight is 417 g/mol. The first kappa shape index (κ1) is 20.3. The number of methoxy groups -OCH3 is 1. The molecule has 4 aromatic rings. The van der Waals surface area contributed by atoms with E-state index in [9.17, 15) is 4.79 Å². The number of hydrogen-bond donors (Lipinski definition) is 1. The number of aryl methyl sites for hydroxylation is 2. The third kappa shape index (κ3) is 4.18. The molecule has 0 aliphatic rings. The Labute approximate surface area is 179 Å². The number of nitrogens with one attached hydrogen (secondary N) is 1. The van der Waals surface area contributed by atoms with E-state index in [0.29, 0.717) is 35.3 Å². The summed E-state index contributed by atoms with van der Waals surface area (Å²) in [5, 5.41) is 11.0. The molecular weight excluding hydrogens is 394 g/mol. The number of hydrogen-bond acceptors (Lipinski definition) is 6. The number of nitrogens with zero attached hydrogens (tertiary/aromatic N) is 4. The standard InChI is InChI=1S/C23H23N5O3/c1-14-9-11-17(12-10-14)23-25-19(16(3)31-23)13-28-15(2)21(26-27-28)22(29)24-18-7-5-6-8-20(18)30-4/h5-12H,13H2,1-4H3,(H,24,29). The molecule has 0 saturated carbocycles. The van der Waals surface area contributed by atoms with Crippen molar-refractivity contribution in [3.8, 4) is 17.2 Å². The SMILES string of the molecule is COc1ccccc1NC(=O)c1nnn(Cc2nc(-c3ccc(C)cc3)oc2C)c1C. The zero-order valence-corrected chi connectivity index (χ0v) is 17.8. The fourth-order valence-electron chi connectivity index (χ4n) is 3.19. The summed E-state index contributed by atoms with van der Waals surface area (Å²) in [4.78, 5) is 17.4. The van der Waals surface area contributed by atoms with Crippen molar-refractivity contribution in [3.05, 3.63) is 76.9 Å². The highest BCUT2D eigenvalue weighted by atomic mass is 16.5. The first-order chi connectivity index (χ1) is 15.0. The van der Waals surface area contributed by atoms with Crippen LogP contribution >= 0.6 is 0 Å². The van der Waals surface area contributed by atoms with Crippen molar-refractivity contribution in [3.63, 3.8) is 0 Å². The highest BCUT2D eigenvalue weighted by Crippen LogP contribution is 2.25. The van der Waals surface area contributed by atoms with Gasteiger partial charge < -0.3 is 14.5 Å². The summed E-state index contributed by atoms with van der Waals surface area (Å²) in [6.07, 6.45) is 0. The summed E-state index contributed by atoms with van der Waals surface area (Å²) >= 11 is 0. The second kappa shape index (κ2) is 8.43. The molecule has 0 spiro atoms. The van der Waals surface area contributed by atoms with Crippen molar-refractivity contribution in [1.29, 1.82) is 0 Å². The topological polar surface area (TPSA) is 95.1 Å². The van der Waals surface area contributed by atoms with Crippen molar-refractivity contribution in [1.82, 2.24) is 20.0 Å². The van der Waals surface area contributed by atoms with E-state index in [-0.39, 0.29) is 11.6 Å². The number of ether oxygens (including phenoxy) is 1. The molecule has 0 radical (unpaired) electrons. The van der Waals surface area contributed by atoms with Crippen LogP contribution < -0.4 is 10.1 Å². The molecule has 0 unspecified atom stereocenters. The minimum Gasteiger partial charge on any atom is -0.495 e. The Bertz CT molecular complexity index is 1220. The van der Waals surface area contributed by atoms with Gasteiger partial charge in [-0.25, -0.2) is 9.67 Å². The number of oxazole rings is 1. The summed E-state index contributed by atoms with van der Waals surface area (Å²) < 4.78 is 12.8. The number of amides is 1. The Hall–Kier alpha value is -3.94. The van der Waals surface area contributed by atoms with Gasteiger partial charge in [0.15, 0.2) is 5.69 Å². The van der Waals surface area contributed by atoms with Crippen LogP contribution in [0.15, 0.2) is 52.9 Å². The fraction of sp³-hybridized carbons (Fsp3) is 0.217. The lowest BCUT2D eigenvalue weighted by atomic mass is 10.1. The molecule has 1 amide bonds. The smallest absolute Gasteiger partial charge is 0.278 e.